The Labute approximate surface area is 193 Å². The molecule has 2 aliphatic rings. The maximum absolute atomic E-state index is 13.6. The van der Waals surface area contributed by atoms with E-state index in [-0.39, 0.29) is 42.3 Å². The summed E-state index contributed by atoms with van der Waals surface area (Å²) in [6.07, 6.45) is 0.465. The summed E-state index contributed by atoms with van der Waals surface area (Å²) in [5.74, 6) is -3.43. The molecular formula is C25H31NO7. The van der Waals surface area contributed by atoms with Crippen LogP contribution in [0.5, 0.6) is 5.75 Å². The summed E-state index contributed by atoms with van der Waals surface area (Å²) in [5, 5.41) is 13.0. The number of ether oxygens (including phenoxy) is 3. The first-order valence-electron chi connectivity index (χ1n) is 11.1. The van der Waals surface area contributed by atoms with Crippen molar-refractivity contribution in [3.8, 4) is 5.75 Å². The number of ketones is 1. The van der Waals surface area contributed by atoms with Crippen molar-refractivity contribution in [3.63, 3.8) is 0 Å². The number of allylic oxidation sites excluding steroid dienone is 3. The number of benzene rings is 1. The van der Waals surface area contributed by atoms with Gasteiger partial charge in [-0.3, -0.25) is 9.59 Å². The molecule has 0 saturated heterocycles. The van der Waals surface area contributed by atoms with E-state index >= 15 is 0 Å². The molecule has 33 heavy (non-hydrogen) atoms. The number of esters is 2. The molecule has 178 valence electrons. The van der Waals surface area contributed by atoms with Crippen LogP contribution in [0.25, 0.3) is 0 Å². The largest absolute Gasteiger partial charge is 0.508 e. The molecular weight excluding hydrogens is 426 g/mol. The number of hydrogen-bond acceptors (Lipinski definition) is 8. The van der Waals surface area contributed by atoms with Gasteiger partial charge in [-0.2, -0.15) is 0 Å². The molecule has 0 radical (unpaired) electrons. The third-order valence-electron chi connectivity index (χ3n) is 5.96. The summed E-state index contributed by atoms with van der Waals surface area (Å²) >= 11 is 0. The molecule has 0 spiro atoms. The smallest absolute Gasteiger partial charge is 0.336 e. The Bertz CT molecular complexity index is 991. The van der Waals surface area contributed by atoms with Crippen LogP contribution >= 0.6 is 0 Å². The molecule has 1 aromatic carbocycles. The second kappa shape index (κ2) is 10.2. The highest BCUT2D eigenvalue weighted by Crippen LogP contribution is 2.45. The standard InChI is InChI=1S/C25H31NO7/c1-13(2)32-10-11-33-25(30)20-15(4)26-18-12-14(3)19(24(29)31-5)23(28)22(18)21(20)16-6-8-17(27)9-7-16/h6-9,13-14,19,21,26-27H,10-12H2,1-5H3/t14-,19-,21-/m1/s1. The first-order chi connectivity index (χ1) is 15.6. The van der Waals surface area contributed by atoms with E-state index in [1.807, 2.05) is 20.8 Å². The van der Waals surface area contributed by atoms with Crippen LogP contribution in [0.3, 0.4) is 0 Å². The van der Waals surface area contributed by atoms with Crippen LogP contribution in [0.2, 0.25) is 0 Å². The van der Waals surface area contributed by atoms with E-state index < -0.39 is 23.8 Å². The number of aromatic hydroxyl groups is 1. The third kappa shape index (κ3) is 5.11. The van der Waals surface area contributed by atoms with E-state index in [1.54, 1.807) is 19.1 Å². The maximum atomic E-state index is 13.6. The van der Waals surface area contributed by atoms with Crippen LogP contribution in [-0.2, 0) is 28.6 Å². The van der Waals surface area contributed by atoms with Crippen molar-refractivity contribution in [2.45, 2.75) is 46.1 Å². The topological polar surface area (TPSA) is 111 Å². The van der Waals surface area contributed by atoms with E-state index in [4.69, 9.17) is 14.2 Å². The van der Waals surface area contributed by atoms with Gasteiger partial charge in [0, 0.05) is 22.9 Å². The maximum Gasteiger partial charge on any atom is 0.336 e. The molecule has 0 saturated carbocycles. The van der Waals surface area contributed by atoms with Gasteiger partial charge in [0.2, 0.25) is 0 Å². The summed E-state index contributed by atoms with van der Waals surface area (Å²) in [4.78, 5) is 39.2. The van der Waals surface area contributed by atoms with Crippen molar-refractivity contribution in [2.75, 3.05) is 20.3 Å². The van der Waals surface area contributed by atoms with Gasteiger partial charge in [-0.05, 0) is 50.8 Å². The molecule has 0 aromatic heterocycles. The predicted molar refractivity (Wildman–Crippen MR) is 120 cm³/mol. The number of carbonyl (C=O) groups excluding carboxylic acids is 3. The van der Waals surface area contributed by atoms with Crippen LogP contribution in [0.15, 0.2) is 46.8 Å². The van der Waals surface area contributed by atoms with Gasteiger partial charge in [0.15, 0.2) is 5.78 Å². The van der Waals surface area contributed by atoms with Crippen molar-refractivity contribution >= 4 is 17.7 Å². The minimum Gasteiger partial charge on any atom is -0.508 e. The molecule has 1 aromatic rings. The van der Waals surface area contributed by atoms with Gasteiger partial charge >= 0.3 is 11.9 Å². The summed E-state index contributed by atoms with van der Waals surface area (Å²) in [5.41, 5.74) is 2.54. The monoisotopic (exact) mass is 457 g/mol. The molecule has 3 atom stereocenters. The van der Waals surface area contributed by atoms with Crippen molar-refractivity contribution < 1.29 is 33.7 Å². The Morgan fingerprint density at radius 3 is 2.45 bits per heavy atom. The van der Waals surface area contributed by atoms with Crippen molar-refractivity contribution in [3.05, 3.63) is 52.4 Å². The van der Waals surface area contributed by atoms with Crippen molar-refractivity contribution in [1.82, 2.24) is 5.32 Å². The number of phenolic OH excluding ortho intramolecular Hbond substituents is 1. The summed E-state index contributed by atoms with van der Waals surface area (Å²) < 4.78 is 15.8. The minimum atomic E-state index is -0.953. The fourth-order valence-electron chi connectivity index (χ4n) is 4.45. The van der Waals surface area contributed by atoms with Gasteiger partial charge < -0.3 is 24.6 Å². The average Bonchev–Trinajstić information content (AvgIpc) is 2.75. The van der Waals surface area contributed by atoms with E-state index in [1.165, 1.54) is 19.2 Å². The normalized spacial score (nSPS) is 22.7. The lowest BCUT2D eigenvalue weighted by molar-refractivity contribution is -0.151. The minimum absolute atomic E-state index is 0.00978. The zero-order valence-corrected chi connectivity index (χ0v) is 19.6. The molecule has 0 fully saturated rings. The van der Waals surface area contributed by atoms with Crippen LogP contribution in [-0.4, -0.2) is 49.3 Å². The van der Waals surface area contributed by atoms with E-state index in [0.717, 1.165) is 0 Å². The average molecular weight is 458 g/mol. The molecule has 1 heterocycles. The summed E-state index contributed by atoms with van der Waals surface area (Å²) in [6.45, 7) is 7.70. The predicted octanol–water partition coefficient (Wildman–Crippen LogP) is 2.97. The quantitative estimate of drug-likeness (QED) is 0.365. The molecule has 1 aliphatic heterocycles. The van der Waals surface area contributed by atoms with Crippen molar-refractivity contribution in [1.29, 1.82) is 0 Å². The molecule has 0 bridgehead atoms. The van der Waals surface area contributed by atoms with Gasteiger partial charge in [-0.1, -0.05) is 19.1 Å². The number of methoxy groups -OCH3 is 1. The Morgan fingerprint density at radius 1 is 1.18 bits per heavy atom. The SMILES string of the molecule is COC(=O)[C@H]1C(=O)C2=C(C[C@H]1C)NC(C)=C(C(=O)OCCOC(C)C)[C@H]2c1ccc(O)cc1. The Balaban J connectivity index is 2.02. The second-order valence-corrected chi connectivity index (χ2v) is 8.68. The number of nitrogens with one attached hydrogen (secondary N) is 1. The first kappa shape index (κ1) is 24.5. The summed E-state index contributed by atoms with van der Waals surface area (Å²) in [7, 11) is 1.26. The highest BCUT2D eigenvalue weighted by Gasteiger charge is 2.47. The number of hydrogen-bond donors (Lipinski definition) is 2. The number of carbonyl (C=O) groups is 3. The Morgan fingerprint density at radius 2 is 1.85 bits per heavy atom. The lowest BCUT2D eigenvalue weighted by Crippen LogP contribution is -2.43. The lowest BCUT2D eigenvalue weighted by atomic mass is 9.69. The number of phenols is 1. The van der Waals surface area contributed by atoms with Gasteiger partial charge in [0.25, 0.3) is 0 Å². The molecule has 2 N–H and O–H groups in total. The second-order valence-electron chi connectivity index (χ2n) is 8.68. The number of Topliss-reactive ketones (excluding diaryl/α,β-unsaturated/α-hetero) is 1. The number of rotatable bonds is 7. The molecule has 3 rings (SSSR count). The van der Waals surface area contributed by atoms with Gasteiger partial charge in [-0.15, -0.1) is 0 Å². The zero-order valence-electron chi connectivity index (χ0n) is 19.6. The number of dihydropyridines is 1. The third-order valence-corrected chi connectivity index (χ3v) is 5.96. The molecule has 0 unspecified atom stereocenters. The van der Waals surface area contributed by atoms with Crippen molar-refractivity contribution in [2.24, 2.45) is 11.8 Å². The lowest BCUT2D eigenvalue weighted by Gasteiger charge is -2.38. The molecule has 8 nitrogen and oxygen atoms in total. The fourth-order valence-corrected chi connectivity index (χ4v) is 4.45. The van der Waals surface area contributed by atoms with E-state index in [9.17, 15) is 19.5 Å². The fraction of sp³-hybridized carbons (Fsp3) is 0.480. The van der Waals surface area contributed by atoms with Gasteiger partial charge in [-0.25, -0.2) is 4.79 Å². The van der Waals surface area contributed by atoms with Crippen LogP contribution in [0, 0.1) is 11.8 Å². The highest BCUT2D eigenvalue weighted by atomic mass is 16.6. The van der Waals surface area contributed by atoms with Crippen LogP contribution < -0.4 is 5.32 Å². The van der Waals surface area contributed by atoms with E-state index in [0.29, 0.717) is 29.0 Å². The molecule has 8 heteroatoms. The van der Waals surface area contributed by atoms with Gasteiger partial charge in [0.1, 0.15) is 18.3 Å². The molecule has 1 aliphatic carbocycles. The van der Waals surface area contributed by atoms with Crippen LogP contribution in [0.4, 0.5) is 0 Å². The highest BCUT2D eigenvalue weighted by molar-refractivity contribution is 6.12. The first-order valence-corrected chi connectivity index (χ1v) is 11.1. The summed E-state index contributed by atoms with van der Waals surface area (Å²) in [6, 6.07) is 6.33. The Hall–Kier alpha value is -3.13. The van der Waals surface area contributed by atoms with Crippen LogP contribution in [0.1, 0.15) is 45.6 Å². The Kier molecular flexibility index (Phi) is 7.58. The van der Waals surface area contributed by atoms with Gasteiger partial charge in [0.05, 0.1) is 25.4 Å². The van der Waals surface area contributed by atoms with E-state index in [2.05, 4.69) is 5.32 Å². The molecule has 0 amide bonds. The zero-order chi connectivity index (χ0) is 24.3.